The molecule has 0 aliphatic rings. The molecule has 3 heteroatoms. The van der Waals surface area contributed by atoms with Crippen molar-refractivity contribution in [2.75, 3.05) is 5.73 Å². The first-order valence-corrected chi connectivity index (χ1v) is 6.17. The maximum Gasteiger partial charge on any atom is 0.163 e. The number of hydrogen-bond acceptors (Lipinski definition) is 2. The largest absolute Gasteiger partial charge is 0.398 e. The predicted molar refractivity (Wildman–Crippen MR) is 75.0 cm³/mol. The van der Waals surface area contributed by atoms with Crippen molar-refractivity contribution in [1.29, 1.82) is 0 Å². The second-order valence-electron chi connectivity index (χ2n) is 4.15. The van der Waals surface area contributed by atoms with E-state index in [4.69, 9.17) is 17.3 Å². The van der Waals surface area contributed by atoms with E-state index in [0.717, 1.165) is 12.0 Å². The zero-order chi connectivity index (χ0) is 13.0. The number of rotatable bonds is 4. The zero-order valence-electron chi connectivity index (χ0n) is 9.90. The molecule has 2 aromatic carbocycles. The number of hydrogen-bond donors (Lipinski definition) is 1. The van der Waals surface area contributed by atoms with E-state index in [1.807, 2.05) is 30.3 Å². The number of aryl methyl sites for hydroxylation is 1. The molecule has 0 fully saturated rings. The summed E-state index contributed by atoms with van der Waals surface area (Å²) in [6.07, 6.45) is 1.22. The Morgan fingerprint density at radius 3 is 2.50 bits per heavy atom. The van der Waals surface area contributed by atoms with Crippen molar-refractivity contribution >= 4 is 23.1 Å². The highest BCUT2D eigenvalue weighted by atomic mass is 35.5. The molecule has 2 rings (SSSR count). The maximum atomic E-state index is 12.0. The minimum atomic E-state index is 0.0854. The molecule has 0 spiro atoms. The lowest BCUT2D eigenvalue weighted by Crippen LogP contribution is -2.02. The molecular weight excluding hydrogens is 246 g/mol. The van der Waals surface area contributed by atoms with Gasteiger partial charge < -0.3 is 5.73 Å². The van der Waals surface area contributed by atoms with Crippen molar-refractivity contribution in [2.24, 2.45) is 0 Å². The Morgan fingerprint density at radius 1 is 1.11 bits per heavy atom. The van der Waals surface area contributed by atoms with E-state index in [0.29, 0.717) is 22.7 Å². The lowest BCUT2D eigenvalue weighted by Gasteiger charge is -2.04. The van der Waals surface area contributed by atoms with Crippen LogP contribution in [0.4, 0.5) is 5.69 Å². The first kappa shape index (κ1) is 12.7. The minimum Gasteiger partial charge on any atom is -0.398 e. The van der Waals surface area contributed by atoms with Gasteiger partial charge in [0.25, 0.3) is 0 Å². The molecule has 0 radical (unpaired) electrons. The number of anilines is 1. The van der Waals surface area contributed by atoms with Gasteiger partial charge in [-0.15, -0.1) is 0 Å². The number of Topliss-reactive ketones (excluding diaryl/α,β-unsaturated/α-hetero) is 1. The first-order valence-electron chi connectivity index (χ1n) is 5.79. The molecule has 0 aliphatic carbocycles. The minimum absolute atomic E-state index is 0.0854. The molecule has 2 aromatic rings. The number of ketones is 1. The molecule has 0 atom stereocenters. The molecule has 2 nitrogen and oxygen atoms in total. The number of nitrogen functional groups attached to an aromatic ring is 1. The fraction of sp³-hybridized carbons (Fsp3) is 0.133. The summed E-state index contributed by atoms with van der Waals surface area (Å²) in [5.41, 5.74) is 7.91. The second-order valence-corrected chi connectivity index (χ2v) is 4.55. The third-order valence-electron chi connectivity index (χ3n) is 2.80. The summed E-state index contributed by atoms with van der Waals surface area (Å²) in [6.45, 7) is 0. The van der Waals surface area contributed by atoms with Crippen LogP contribution in [0.3, 0.4) is 0 Å². The van der Waals surface area contributed by atoms with Crippen LogP contribution in [0.2, 0.25) is 5.02 Å². The summed E-state index contributed by atoms with van der Waals surface area (Å²) >= 11 is 5.82. The van der Waals surface area contributed by atoms with E-state index in [1.54, 1.807) is 18.2 Å². The van der Waals surface area contributed by atoms with Gasteiger partial charge in [-0.3, -0.25) is 4.79 Å². The van der Waals surface area contributed by atoms with Crippen molar-refractivity contribution in [2.45, 2.75) is 12.8 Å². The Labute approximate surface area is 111 Å². The Kier molecular flexibility index (Phi) is 4.00. The highest BCUT2D eigenvalue weighted by Crippen LogP contribution is 2.20. The zero-order valence-corrected chi connectivity index (χ0v) is 10.7. The van der Waals surface area contributed by atoms with Crippen LogP contribution >= 0.6 is 11.6 Å². The summed E-state index contributed by atoms with van der Waals surface area (Å²) in [5, 5.41) is 0.481. The van der Waals surface area contributed by atoms with Gasteiger partial charge in [0.15, 0.2) is 5.78 Å². The van der Waals surface area contributed by atoms with Crippen molar-refractivity contribution in [3.05, 3.63) is 64.7 Å². The van der Waals surface area contributed by atoms with Crippen LogP contribution < -0.4 is 5.73 Å². The van der Waals surface area contributed by atoms with Gasteiger partial charge in [0.1, 0.15) is 0 Å². The predicted octanol–water partition coefficient (Wildman–Crippen LogP) is 3.74. The fourth-order valence-corrected chi connectivity index (χ4v) is 1.88. The molecule has 0 heterocycles. The van der Waals surface area contributed by atoms with Crippen LogP contribution in [-0.2, 0) is 6.42 Å². The standard InChI is InChI=1S/C15H14ClNO/c16-13-8-7-12(10-14(13)17)15(18)9-6-11-4-2-1-3-5-11/h1-5,7-8,10H,6,9,17H2. The summed E-state index contributed by atoms with van der Waals surface area (Å²) in [7, 11) is 0. The van der Waals surface area contributed by atoms with Crippen molar-refractivity contribution < 1.29 is 4.79 Å². The molecule has 0 amide bonds. The molecule has 0 bridgehead atoms. The highest BCUT2D eigenvalue weighted by Gasteiger charge is 2.07. The van der Waals surface area contributed by atoms with Gasteiger partial charge in [0.05, 0.1) is 10.7 Å². The number of halogens is 1. The van der Waals surface area contributed by atoms with Gasteiger partial charge in [0.2, 0.25) is 0 Å². The van der Waals surface area contributed by atoms with Gasteiger partial charge in [-0.05, 0) is 30.2 Å². The van der Waals surface area contributed by atoms with E-state index in [-0.39, 0.29) is 5.78 Å². The third-order valence-corrected chi connectivity index (χ3v) is 3.15. The summed E-state index contributed by atoms with van der Waals surface area (Å²) in [4.78, 5) is 12.0. The van der Waals surface area contributed by atoms with Crippen LogP contribution in [0.15, 0.2) is 48.5 Å². The SMILES string of the molecule is Nc1cc(C(=O)CCc2ccccc2)ccc1Cl. The fourth-order valence-electron chi connectivity index (χ4n) is 1.76. The average Bonchev–Trinajstić information content (AvgIpc) is 2.40. The average molecular weight is 260 g/mol. The van der Waals surface area contributed by atoms with E-state index < -0.39 is 0 Å². The lowest BCUT2D eigenvalue weighted by molar-refractivity contribution is 0.0983. The number of nitrogens with two attached hydrogens (primary N) is 1. The van der Waals surface area contributed by atoms with Crippen LogP contribution in [0.25, 0.3) is 0 Å². The van der Waals surface area contributed by atoms with Crippen LogP contribution in [0, 0.1) is 0 Å². The van der Waals surface area contributed by atoms with Crippen LogP contribution in [-0.4, -0.2) is 5.78 Å². The molecule has 0 saturated carbocycles. The van der Waals surface area contributed by atoms with Gasteiger partial charge in [-0.2, -0.15) is 0 Å². The second kappa shape index (κ2) is 5.69. The van der Waals surface area contributed by atoms with E-state index in [2.05, 4.69) is 0 Å². The quantitative estimate of drug-likeness (QED) is 0.671. The normalized spacial score (nSPS) is 10.3. The van der Waals surface area contributed by atoms with E-state index in [9.17, 15) is 4.79 Å². The van der Waals surface area contributed by atoms with Gasteiger partial charge in [-0.1, -0.05) is 41.9 Å². The summed E-state index contributed by atoms with van der Waals surface area (Å²) in [6, 6.07) is 15.0. The Hall–Kier alpha value is -1.80. The molecule has 18 heavy (non-hydrogen) atoms. The highest BCUT2D eigenvalue weighted by molar-refractivity contribution is 6.33. The molecule has 0 aromatic heterocycles. The maximum absolute atomic E-state index is 12.0. The molecule has 0 saturated heterocycles. The van der Waals surface area contributed by atoms with Gasteiger partial charge in [-0.25, -0.2) is 0 Å². The van der Waals surface area contributed by atoms with Gasteiger partial charge in [0, 0.05) is 12.0 Å². The number of carbonyl (C=O) groups is 1. The van der Waals surface area contributed by atoms with E-state index >= 15 is 0 Å². The Morgan fingerprint density at radius 2 is 1.83 bits per heavy atom. The summed E-state index contributed by atoms with van der Waals surface area (Å²) < 4.78 is 0. The lowest BCUT2D eigenvalue weighted by atomic mass is 10.0. The Balaban J connectivity index is 2.02. The van der Waals surface area contributed by atoms with Crippen LogP contribution in [0.1, 0.15) is 22.3 Å². The molecule has 0 unspecified atom stereocenters. The molecule has 92 valence electrons. The smallest absolute Gasteiger partial charge is 0.163 e. The third kappa shape index (κ3) is 3.11. The number of carbonyl (C=O) groups excluding carboxylic acids is 1. The first-order chi connectivity index (χ1) is 8.66. The van der Waals surface area contributed by atoms with Crippen LogP contribution in [0.5, 0.6) is 0 Å². The van der Waals surface area contributed by atoms with Crippen molar-refractivity contribution in [3.63, 3.8) is 0 Å². The van der Waals surface area contributed by atoms with E-state index in [1.165, 1.54) is 0 Å². The van der Waals surface area contributed by atoms with Crippen molar-refractivity contribution in [3.8, 4) is 0 Å². The molecular formula is C15H14ClNO. The Bertz CT molecular complexity index is 552. The van der Waals surface area contributed by atoms with Crippen molar-refractivity contribution in [1.82, 2.24) is 0 Å². The summed E-state index contributed by atoms with van der Waals surface area (Å²) in [5.74, 6) is 0.0854. The van der Waals surface area contributed by atoms with Gasteiger partial charge >= 0.3 is 0 Å². The molecule has 0 aliphatic heterocycles. The monoisotopic (exact) mass is 259 g/mol. The number of benzene rings is 2. The topological polar surface area (TPSA) is 43.1 Å². The molecule has 2 N–H and O–H groups in total.